The molecule has 0 saturated carbocycles. The number of halogens is 1. The Bertz CT molecular complexity index is 629. The van der Waals surface area contributed by atoms with Gasteiger partial charge in [-0.15, -0.1) is 0 Å². The summed E-state index contributed by atoms with van der Waals surface area (Å²) in [6.45, 7) is 2.47. The van der Waals surface area contributed by atoms with E-state index in [1.54, 1.807) is 6.07 Å². The zero-order valence-electron chi connectivity index (χ0n) is 11.0. The van der Waals surface area contributed by atoms with Crippen molar-refractivity contribution in [2.45, 2.75) is 6.92 Å². The lowest BCUT2D eigenvalue weighted by molar-refractivity contribution is 0.321. The van der Waals surface area contributed by atoms with Crippen molar-refractivity contribution < 1.29 is 9.47 Å². The van der Waals surface area contributed by atoms with Gasteiger partial charge in [0, 0.05) is 4.47 Å². The molecule has 4 nitrogen and oxygen atoms in total. The van der Waals surface area contributed by atoms with E-state index in [-0.39, 0.29) is 5.84 Å². The highest BCUT2D eigenvalue weighted by Crippen LogP contribution is 2.35. The van der Waals surface area contributed by atoms with Crippen molar-refractivity contribution in [1.29, 1.82) is 5.41 Å². The molecule has 0 heterocycles. The maximum Gasteiger partial charge on any atom is 0.169 e. The van der Waals surface area contributed by atoms with Crippen LogP contribution in [0.15, 0.2) is 46.9 Å². The summed E-state index contributed by atoms with van der Waals surface area (Å²) in [4.78, 5) is 0. The first-order valence-corrected chi connectivity index (χ1v) is 6.95. The average Bonchev–Trinajstić information content (AvgIpc) is 2.41. The lowest BCUT2D eigenvalue weighted by atomic mass is 10.2. The van der Waals surface area contributed by atoms with E-state index in [0.717, 1.165) is 4.47 Å². The summed E-state index contributed by atoms with van der Waals surface area (Å²) in [6.07, 6.45) is 0. The number of nitrogens with one attached hydrogen (secondary N) is 1. The van der Waals surface area contributed by atoms with Crippen LogP contribution in [-0.4, -0.2) is 12.4 Å². The van der Waals surface area contributed by atoms with Crippen molar-refractivity contribution in [1.82, 2.24) is 0 Å². The highest BCUT2D eigenvalue weighted by atomic mass is 79.9. The fourth-order valence-corrected chi connectivity index (χ4v) is 2.34. The minimum atomic E-state index is -0.0543. The van der Waals surface area contributed by atoms with Crippen LogP contribution in [0, 0.1) is 5.41 Å². The molecule has 5 heteroatoms. The van der Waals surface area contributed by atoms with E-state index in [0.29, 0.717) is 29.4 Å². The Labute approximate surface area is 126 Å². The minimum absolute atomic E-state index is 0.0543. The van der Waals surface area contributed by atoms with Gasteiger partial charge in [0.2, 0.25) is 0 Å². The lowest BCUT2D eigenvalue weighted by Gasteiger charge is -2.14. The molecule has 2 aromatic rings. The van der Waals surface area contributed by atoms with E-state index >= 15 is 0 Å². The van der Waals surface area contributed by atoms with Gasteiger partial charge in [-0.25, -0.2) is 0 Å². The third kappa shape index (κ3) is 3.11. The van der Waals surface area contributed by atoms with Crippen LogP contribution < -0.4 is 15.2 Å². The Kier molecular flexibility index (Phi) is 4.63. The molecule has 0 spiro atoms. The summed E-state index contributed by atoms with van der Waals surface area (Å²) in [7, 11) is 0. The highest BCUT2D eigenvalue weighted by molar-refractivity contribution is 9.10. The van der Waals surface area contributed by atoms with E-state index in [1.807, 2.05) is 43.3 Å². The number of rotatable bonds is 5. The second-order valence-electron chi connectivity index (χ2n) is 4.01. The molecular weight excluding hydrogens is 320 g/mol. The Balaban J connectivity index is 2.40. The van der Waals surface area contributed by atoms with Crippen molar-refractivity contribution in [2.75, 3.05) is 6.61 Å². The molecular formula is C15H15BrN2O2. The van der Waals surface area contributed by atoms with Crippen LogP contribution >= 0.6 is 15.9 Å². The zero-order chi connectivity index (χ0) is 14.5. The van der Waals surface area contributed by atoms with Crippen molar-refractivity contribution in [3.63, 3.8) is 0 Å². The molecule has 3 N–H and O–H groups in total. The summed E-state index contributed by atoms with van der Waals surface area (Å²) >= 11 is 3.38. The number of para-hydroxylation sites is 2. The fourth-order valence-electron chi connectivity index (χ4n) is 1.78. The maximum atomic E-state index is 7.65. The van der Waals surface area contributed by atoms with Gasteiger partial charge in [-0.2, -0.15) is 0 Å². The quantitative estimate of drug-likeness (QED) is 0.643. The van der Waals surface area contributed by atoms with Gasteiger partial charge in [0.05, 0.1) is 12.2 Å². The Morgan fingerprint density at radius 3 is 2.40 bits per heavy atom. The van der Waals surface area contributed by atoms with Gasteiger partial charge < -0.3 is 15.2 Å². The molecule has 0 bridgehead atoms. The standard InChI is InChI=1S/C15H15BrN2O2/c1-2-19-11-7-3-4-8-12(11)20-13-9-5-6-10(16)14(13)15(17)18/h3-9H,2H2,1H3,(H3,17,18). The predicted octanol–water partition coefficient (Wildman–Crippen LogP) is 3.92. The summed E-state index contributed by atoms with van der Waals surface area (Å²) < 4.78 is 12.1. The van der Waals surface area contributed by atoms with Crippen LogP contribution in [0.2, 0.25) is 0 Å². The molecule has 0 saturated heterocycles. The van der Waals surface area contributed by atoms with Gasteiger partial charge in [0.25, 0.3) is 0 Å². The van der Waals surface area contributed by atoms with E-state index in [2.05, 4.69) is 15.9 Å². The summed E-state index contributed by atoms with van der Waals surface area (Å²) in [5, 5.41) is 7.65. The van der Waals surface area contributed by atoms with Crippen LogP contribution in [0.1, 0.15) is 12.5 Å². The molecule has 0 radical (unpaired) electrons. The third-order valence-electron chi connectivity index (χ3n) is 2.61. The fraction of sp³-hybridized carbons (Fsp3) is 0.133. The van der Waals surface area contributed by atoms with Crippen LogP contribution in [0.4, 0.5) is 0 Å². The van der Waals surface area contributed by atoms with Gasteiger partial charge in [0.15, 0.2) is 11.5 Å². The van der Waals surface area contributed by atoms with Gasteiger partial charge in [0.1, 0.15) is 11.6 Å². The maximum absolute atomic E-state index is 7.65. The van der Waals surface area contributed by atoms with Crippen molar-refractivity contribution in [3.8, 4) is 17.2 Å². The normalized spacial score (nSPS) is 10.1. The van der Waals surface area contributed by atoms with Crippen LogP contribution in [0.3, 0.4) is 0 Å². The lowest BCUT2D eigenvalue weighted by Crippen LogP contribution is -2.13. The molecule has 0 aliphatic heterocycles. The molecule has 0 atom stereocenters. The van der Waals surface area contributed by atoms with Crippen molar-refractivity contribution in [2.24, 2.45) is 5.73 Å². The SMILES string of the molecule is CCOc1ccccc1Oc1cccc(Br)c1C(=N)N. The molecule has 0 amide bonds. The number of amidine groups is 1. The van der Waals surface area contributed by atoms with Gasteiger partial charge >= 0.3 is 0 Å². The van der Waals surface area contributed by atoms with E-state index in [9.17, 15) is 0 Å². The number of nitrogen functional groups attached to an aromatic ring is 1. The number of benzene rings is 2. The molecule has 0 aliphatic carbocycles. The number of ether oxygens (including phenoxy) is 2. The Hall–Kier alpha value is -2.01. The van der Waals surface area contributed by atoms with Crippen LogP contribution in [-0.2, 0) is 0 Å². The summed E-state index contributed by atoms with van der Waals surface area (Å²) in [5.74, 6) is 1.71. The number of hydrogen-bond acceptors (Lipinski definition) is 3. The van der Waals surface area contributed by atoms with E-state index < -0.39 is 0 Å². The minimum Gasteiger partial charge on any atom is -0.490 e. The van der Waals surface area contributed by atoms with Crippen LogP contribution in [0.5, 0.6) is 17.2 Å². The Morgan fingerprint density at radius 2 is 1.75 bits per heavy atom. The molecule has 2 rings (SSSR count). The average molecular weight is 335 g/mol. The first-order chi connectivity index (χ1) is 9.63. The third-order valence-corrected chi connectivity index (χ3v) is 3.27. The second-order valence-corrected chi connectivity index (χ2v) is 4.86. The molecule has 0 fully saturated rings. The monoisotopic (exact) mass is 334 g/mol. The first kappa shape index (κ1) is 14.4. The van der Waals surface area contributed by atoms with E-state index in [4.69, 9.17) is 20.6 Å². The van der Waals surface area contributed by atoms with Gasteiger partial charge in [-0.05, 0) is 47.1 Å². The van der Waals surface area contributed by atoms with Crippen molar-refractivity contribution >= 4 is 21.8 Å². The van der Waals surface area contributed by atoms with Crippen LogP contribution in [0.25, 0.3) is 0 Å². The largest absolute Gasteiger partial charge is 0.490 e. The van der Waals surface area contributed by atoms with Crippen molar-refractivity contribution in [3.05, 3.63) is 52.5 Å². The molecule has 2 aromatic carbocycles. The summed E-state index contributed by atoms with van der Waals surface area (Å²) in [5.41, 5.74) is 6.13. The first-order valence-electron chi connectivity index (χ1n) is 6.16. The number of nitrogens with two attached hydrogens (primary N) is 1. The summed E-state index contributed by atoms with van der Waals surface area (Å²) in [6, 6.07) is 12.8. The highest BCUT2D eigenvalue weighted by Gasteiger charge is 2.13. The van der Waals surface area contributed by atoms with E-state index in [1.165, 1.54) is 0 Å². The second kappa shape index (κ2) is 6.43. The molecule has 0 unspecified atom stereocenters. The predicted molar refractivity (Wildman–Crippen MR) is 82.8 cm³/mol. The topological polar surface area (TPSA) is 68.3 Å². The Morgan fingerprint density at radius 1 is 1.10 bits per heavy atom. The number of hydrogen-bond donors (Lipinski definition) is 2. The van der Waals surface area contributed by atoms with Gasteiger partial charge in [-0.3, -0.25) is 5.41 Å². The molecule has 0 aliphatic rings. The zero-order valence-corrected chi connectivity index (χ0v) is 12.6. The molecule has 20 heavy (non-hydrogen) atoms. The molecule has 104 valence electrons. The van der Waals surface area contributed by atoms with Gasteiger partial charge in [-0.1, -0.05) is 18.2 Å². The molecule has 0 aromatic heterocycles. The smallest absolute Gasteiger partial charge is 0.169 e.